The van der Waals surface area contributed by atoms with Crippen LogP contribution in [-0.4, -0.2) is 7.11 Å². The lowest BCUT2D eigenvalue weighted by molar-refractivity contribution is 0.410. The van der Waals surface area contributed by atoms with Crippen LogP contribution >= 0.6 is 11.6 Å². The van der Waals surface area contributed by atoms with Gasteiger partial charge in [0.05, 0.1) is 12.1 Å². The van der Waals surface area contributed by atoms with Gasteiger partial charge in [0.1, 0.15) is 11.6 Å². The van der Waals surface area contributed by atoms with E-state index in [9.17, 15) is 4.39 Å². The Morgan fingerprint density at radius 1 is 1.25 bits per heavy atom. The standard InChI is InChI=1S/C16H17ClFNO/c1-16(19,12-4-3-5-13(9-12)20-2)10-11-6-7-15(18)14(17)8-11/h3-9H,10,19H2,1-2H3. The van der Waals surface area contributed by atoms with Crippen molar-refractivity contribution in [2.24, 2.45) is 5.73 Å². The fourth-order valence-electron chi connectivity index (χ4n) is 2.15. The van der Waals surface area contributed by atoms with Gasteiger partial charge < -0.3 is 10.5 Å². The highest BCUT2D eigenvalue weighted by Gasteiger charge is 2.22. The van der Waals surface area contributed by atoms with Crippen molar-refractivity contribution in [2.75, 3.05) is 7.11 Å². The number of nitrogens with two attached hydrogens (primary N) is 1. The van der Waals surface area contributed by atoms with Gasteiger partial charge in [-0.15, -0.1) is 0 Å². The summed E-state index contributed by atoms with van der Waals surface area (Å²) in [5.41, 5.74) is 7.65. The Kier molecular flexibility index (Phi) is 4.31. The van der Waals surface area contributed by atoms with E-state index in [0.29, 0.717) is 6.42 Å². The highest BCUT2D eigenvalue weighted by atomic mass is 35.5. The van der Waals surface area contributed by atoms with Crippen LogP contribution in [0.3, 0.4) is 0 Å². The van der Waals surface area contributed by atoms with Crippen molar-refractivity contribution in [3.05, 3.63) is 64.4 Å². The van der Waals surface area contributed by atoms with Gasteiger partial charge in [-0.25, -0.2) is 4.39 Å². The van der Waals surface area contributed by atoms with E-state index >= 15 is 0 Å². The molecule has 0 aliphatic heterocycles. The summed E-state index contributed by atoms with van der Waals surface area (Å²) >= 11 is 5.80. The predicted molar refractivity (Wildman–Crippen MR) is 79.6 cm³/mol. The molecule has 0 amide bonds. The average Bonchev–Trinajstić information content (AvgIpc) is 2.43. The van der Waals surface area contributed by atoms with E-state index in [0.717, 1.165) is 16.9 Å². The normalized spacial score (nSPS) is 13.8. The molecule has 0 fully saturated rings. The summed E-state index contributed by atoms with van der Waals surface area (Å²) in [6.45, 7) is 1.93. The molecule has 20 heavy (non-hydrogen) atoms. The van der Waals surface area contributed by atoms with Crippen molar-refractivity contribution in [3.63, 3.8) is 0 Å². The van der Waals surface area contributed by atoms with Crippen LogP contribution in [-0.2, 0) is 12.0 Å². The lowest BCUT2D eigenvalue weighted by atomic mass is 9.86. The average molecular weight is 294 g/mol. The first-order valence-corrected chi connectivity index (χ1v) is 6.67. The maximum absolute atomic E-state index is 13.2. The Hall–Kier alpha value is -1.58. The highest BCUT2D eigenvalue weighted by molar-refractivity contribution is 6.30. The largest absolute Gasteiger partial charge is 0.497 e. The molecule has 0 saturated carbocycles. The molecular formula is C16H17ClFNO. The molecule has 0 heterocycles. The minimum absolute atomic E-state index is 0.115. The minimum atomic E-state index is -0.588. The van der Waals surface area contributed by atoms with E-state index in [4.69, 9.17) is 22.1 Å². The quantitative estimate of drug-likeness (QED) is 0.928. The third-order valence-electron chi connectivity index (χ3n) is 3.28. The lowest BCUT2D eigenvalue weighted by Crippen LogP contribution is -2.35. The Morgan fingerprint density at radius 2 is 2.00 bits per heavy atom. The number of benzene rings is 2. The monoisotopic (exact) mass is 293 g/mol. The summed E-state index contributed by atoms with van der Waals surface area (Å²) in [7, 11) is 1.62. The highest BCUT2D eigenvalue weighted by Crippen LogP contribution is 2.27. The molecule has 0 aliphatic rings. The molecule has 1 unspecified atom stereocenters. The zero-order valence-corrected chi connectivity index (χ0v) is 12.2. The van der Waals surface area contributed by atoms with Gasteiger partial charge in [0.15, 0.2) is 0 Å². The van der Waals surface area contributed by atoms with Gasteiger partial charge in [-0.1, -0.05) is 29.8 Å². The first-order chi connectivity index (χ1) is 9.42. The molecule has 0 saturated heterocycles. The van der Waals surface area contributed by atoms with Crippen molar-refractivity contribution in [2.45, 2.75) is 18.9 Å². The Bertz CT molecular complexity index is 613. The van der Waals surface area contributed by atoms with Gasteiger partial charge in [-0.2, -0.15) is 0 Å². The first-order valence-electron chi connectivity index (χ1n) is 6.30. The third kappa shape index (κ3) is 3.30. The van der Waals surface area contributed by atoms with Crippen LogP contribution in [0.2, 0.25) is 5.02 Å². The summed E-state index contributed by atoms with van der Waals surface area (Å²) in [6.07, 6.45) is 0.556. The topological polar surface area (TPSA) is 35.2 Å². The lowest BCUT2D eigenvalue weighted by Gasteiger charge is -2.26. The van der Waals surface area contributed by atoms with E-state index < -0.39 is 11.4 Å². The first kappa shape index (κ1) is 14.8. The molecule has 0 bridgehead atoms. The van der Waals surface area contributed by atoms with Crippen LogP contribution in [0.25, 0.3) is 0 Å². The van der Waals surface area contributed by atoms with E-state index in [-0.39, 0.29) is 5.02 Å². The maximum atomic E-state index is 13.2. The fraction of sp³-hybridized carbons (Fsp3) is 0.250. The van der Waals surface area contributed by atoms with Crippen LogP contribution in [0.5, 0.6) is 5.75 Å². The molecule has 1 atom stereocenters. The molecule has 0 spiro atoms. The number of halogens is 2. The second-order valence-electron chi connectivity index (χ2n) is 5.07. The zero-order valence-electron chi connectivity index (χ0n) is 11.5. The smallest absolute Gasteiger partial charge is 0.141 e. The summed E-state index contributed by atoms with van der Waals surface area (Å²) < 4.78 is 18.4. The molecule has 2 aromatic carbocycles. The fourth-order valence-corrected chi connectivity index (χ4v) is 2.36. The third-order valence-corrected chi connectivity index (χ3v) is 3.57. The van der Waals surface area contributed by atoms with Gasteiger partial charge in [-0.05, 0) is 48.7 Å². The van der Waals surface area contributed by atoms with E-state index in [2.05, 4.69) is 0 Å². The predicted octanol–water partition coefficient (Wildman–Crippen LogP) is 3.90. The van der Waals surface area contributed by atoms with E-state index in [1.807, 2.05) is 31.2 Å². The van der Waals surface area contributed by atoms with Crippen molar-refractivity contribution in [1.82, 2.24) is 0 Å². The molecule has 2 nitrogen and oxygen atoms in total. The van der Waals surface area contributed by atoms with Crippen LogP contribution in [0.15, 0.2) is 42.5 Å². The van der Waals surface area contributed by atoms with E-state index in [1.165, 1.54) is 6.07 Å². The van der Waals surface area contributed by atoms with E-state index in [1.54, 1.807) is 19.2 Å². The SMILES string of the molecule is COc1cccc(C(C)(N)Cc2ccc(F)c(Cl)c2)c1. The molecule has 0 radical (unpaired) electrons. The van der Waals surface area contributed by atoms with Gasteiger partial charge in [0.2, 0.25) is 0 Å². The zero-order chi connectivity index (χ0) is 14.8. The van der Waals surface area contributed by atoms with Gasteiger partial charge in [0.25, 0.3) is 0 Å². The van der Waals surface area contributed by atoms with Crippen molar-refractivity contribution in [3.8, 4) is 5.75 Å². The van der Waals surface area contributed by atoms with Crippen LogP contribution in [0.4, 0.5) is 4.39 Å². The molecule has 4 heteroatoms. The van der Waals surface area contributed by atoms with Crippen molar-refractivity contribution in [1.29, 1.82) is 0 Å². The Morgan fingerprint density at radius 3 is 2.65 bits per heavy atom. The molecule has 2 aromatic rings. The Labute approximate surface area is 123 Å². The number of methoxy groups -OCH3 is 1. The molecular weight excluding hydrogens is 277 g/mol. The summed E-state index contributed by atoms with van der Waals surface area (Å²) in [5.74, 6) is 0.340. The van der Waals surface area contributed by atoms with Gasteiger partial charge >= 0.3 is 0 Å². The Balaban J connectivity index is 2.27. The number of rotatable bonds is 4. The van der Waals surface area contributed by atoms with Crippen molar-refractivity contribution >= 4 is 11.6 Å². The molecule has 2 N–H and O–H groups in total. The second kappa shape index (κ2) is 5.81. The van der Waals surface area contributed by atoms with Crippen LogP contribution in [0.1, 0.15) is 18.1 Å². The summed E-state index contributed by atoms with van der Waals surface area (Å²) in [5, 5.41) is 0.115. The van der Waals surface area contributed by atoms with Crippen LogP contribution in [0, 0.1) is 5.82 Å². The van der Waals surface area contributed by atoms with Gasteiger partial charge in [0, 0.05) is 5.54 Å². The molecule has 0 aliphatic carbocycles. The van der Waals surface area contributed by atoms with Gasteiger partial charge in [-0.3, -0.25) is 0 Å². The summed E-state index contributed by atoms with van der Waals surface area (Å²) in [4.78, 5) is 0. The van der Waals surface area contributed by atoms with Crippen molar-refractivity contribution < 1.29 is 9.13 Å². The summed E-state index contributed by atoms with van der Waals surface area (Å²) in [6, 6.07) is 12.3. The molecule has 0 aromatic heterocycles. The van der Waals surface area contributed by atoms with Crippen LogP contribution < -0.4 is 10.5 Å². The second-order valence-corrected chi connectivity index (χ2v) is 5.48. The molecule has 106 valence electrons. The number of hydrogen-bond acceptors (Lipinski definition) is 2. The number of hydrogen-bond donors (Lipinski definition) is 1. The molecule has 2 rings (SSSR count). The maximum Gasteiger partial charge on any atom is 0.141 e. The minimum Gasteiger partial charge on any atom is -0.497 e. The number of ether oxygens (including phenoxy) is 1.